The van der Waals surface area contributed by atoms with Crippen molar-refractivity contribution in [1.82, 2.24) is 9.78 Å². The second-order valence-corrected chi connectivity index (χ2v) is 5.36. The quantitative estimate of drug-likeness (QED) is 0.917. The van der Waals surface area contributed by atoms with Crippen LogP contribution in [0.2, 0.25) is 0 Å². The molecule has 0 aliphatic heterocycles. The highest BCUT2D eigenvalue weighted by molar-refractivity contribution is 5.69. The number of hydrogen-bond acceptors (Lipinski definition) is 2. The van der Waals surface area contributed by atoms with Gasteiger partial charge in [0.15, 0.2) is 0 Å². The molecule has 4 heteroatoms. The number of aryl methyl sites for hydroxylation is 1. The summed E-state index contributed by atoms with van der Waals surface area (Å²) in [7, 11) is 1.85. The van der Waals surface area contributed by atoms with E-state index in [0.717, 1.165) is 17.0 Å². The lowest BCUT2D eigenvalue weighted by Crippen LogP contribution is -2.24. The maximum Gasteiger partial charge on any atom is 0.304 e. The summed E-state index contributed by atoms with van der Waals surface area (Å²) >= 11 is 0. The third kappa shape index (κ3) is 2.84. The molecule has 0 aliphatic rings. The fourth-order valence-electron chi connectivity index (χ4n) is 2.32. The van der Waals surface area contributed by atoms with Crippen molar-refractivity contribution in [3.8, 4) is 11.3 Å². The standard InChI is InChI=1S/C15H18N2O2/c1-15(2,10-14(18)19)13-9-12(16-17(13)3)11-7-5-4-6-8-11/h4-9H,10H2,1-3H3,(H,18,19). The predicted molar refractivity (Wildman–Crippen MR) is 73.9 cm³/mol. The molecule has 0 spiro atoms. The molecule has 1 aromatic carbocycles. The molecule has 1 N–H and O–H groups in total. The van der Waals surface area contributed by atoms with Gasteiger partial charge in [-0.15, -0.1) is 0 Å². The van der Waals surface area contributed by atoms with Crippen molar-refractivity contribution in [2.45, 2.75) is 25.7 Å². The largest absolute Gasteiger partial charge is 0.481 e. The van der Waals surface area contributed by atoms with Crippen LogP contribution in [-0.2, 0) is 17.3 Å². The van der Waals surface area contributed by atoms with Crippen LogP contribution in [-0.4, -0.2) is 20.9 Å². The minimum atomic E-state index is -0.799. The summed E-state index contributed by atoms with van der Waals surface area (Å²) in [5, 5.41) is 13.5. The first-order valence-corrected chi connectivity index (χ1v) is 6.22. The van der Waals surface area contributed by atoms with E-state index in [-0.39, 0.29) is 6.42 Å². The number of benzene rings is 1. The Balaban J connectivity index is 2.39. The van der Waals surface area contributed by atoms with Gasteiger partial charge in [0.05, 0.1) is 12.1 Å². The molecule has 0 saturated carbocycles. The summed E-state index contributed by atoms with van der Waals surface area (Å²) in [5.41, 5.74) is 2.39. The Labute approximate surface area is 112 Å². The Morgan fingerprint density at radius 1 is 1.32 bits per heavy atom. The smallest absolute Gasteiger partial charge is 0.304 e. The van der Waals surface area contributed by atoms with Crippen molar-refractivity contribution in [2.75, 3.05) is 0 Å². The molecule has 0 radical (unpaired) electrons. The first-order valence-electron chi connectivity index (χ1n) is 6.22. The summed E-state index contributed by atoms with van der Waals surface area (Å²) in [5.74, 6) is -0.799. The van der Waals surface area contributed by atoms with Crippen LogP contribution in [0.25, 0.3) is 11.3 Å². The molecule has 100 valence electrons. The average Bonchev–Trinajstić information content (AvgIpc) is 2.72. The maximum atomic E-state index is 10.9. The molecule has 19 heavy (non-hydrogen) atoms. The van der Waals surface area contributed by atoms with Crippen LogP contribution in [0, 0.1) is 0 Å². The van der Waals surface area contributed by atoms with Gasteiger partial charge in [0.25, 0.3) is 0 Å². The normalized spacial score (nSPS) is 11.5. The summed E-state index contributed by atoms with van der Waals surface area (Å²) in [4.78, 5) is 10.9. The maximum absolute atomic E-state index is 10.9. The molecule has 0 atom stereocenters. The minimum absolute atomic E-state index is 0.0841. The van der Waals surface area contributed by atoms with Crippen molar-refractivity contribution in [2.24, 2.45) is 7.05 Å². The zero-order valence-corrected chi connectivity index (χ0v) is 11.4. The zero-order valence-electron chi connectivity index (χ0n) is 11.4. The number of hydrogen-bond donors (Lipinski definition) is 1. The number of rotatable bonds is 4. The van der Waals surface area contributed by atoms with E-state index in [1.807, 2.05) is 57.3 Å². The van der Waals surface area contributed by atoms with E-state index in [2.05, 4.69) is 5.10 Å². The van der Waals surface area contributed by atoms with Crippen molar-refractivity contribution in [1.29, 1.82) is 0 Å². The molecule has 1 heterocycles. The van der Waals surface area contributed by atoms with Crippen LogP contribution in [0.15, 0.2) is 36.4 Å². The van der Waals surface area contributed by atoms with Crippen LogP contribution in [0.3, 0.4) is 0 Å². The number of nitrogens with zero attached hydrogens (tertiary/aromatic N) is 2. The SMILES string of the molecule is Cn1nc(-c2ccccc2)cc1C(C)(C)CC(=O)O. The average molecular weight is 258 g/mol. The lowest BCUT2D eigenvalue weighted by molar-refractivity contribution is -0.138. The number of carbonyl (C=O) groups is 1. The van der Waals surface area contributed by atoms with Crippen molar-refractivity contribution in [3.05, 3.63) is 42.1 Å². The topological polar surface area (TPSA) is 55.1 Å². The van der Waals surface area contributed by atoms with Gasteiger partial charge in [-0.2, -0.15) is 5.10 Å². The molecule has 4 nitrogen and oxygen atoms in total. The van der Waals surface area contributed by atoms with Crippen molar-refractivity contribution in [3.63, 3.8) is 0 Å². The molecule has 1 aromatic heterocycles. The van der Waals surface area contributed by atoms with Gasteiger partial charge in [0.1, 0.15) is 0 Å². The Morgan fingerprint density at radius 2 is 1.95 bits per heavy atom. The Kier molecular flexibility index (Phi) is 3.42. The van der Waals surface area contributed by atoms with E-state index >= 15 is 0 Å². The van der Waals surface area contributed by atoms with Gasteiger partial charge in [0.2, 0.25) is 0 Å². The molecule has 0 bridgehead atoms. The molecule has 2 aromatic rings. The molecule has 0 fully saturated rings. The summed E-state index contributed by atoms with van der Waals surface area (Å²) in [6, 6.07) is 11.9. The van der Waals surface area contributed by atoms with E-state index in [1.54, 1.807) is 4.68 Å². The highest BCUT2D eigenvalue weighted by atomic mass is 16.4. The molecule has 2 rings (SSSR count). The lowest BCUT2D eigenvalue weighted by Gasteiger charge is -2.22. The van der Waals surface area contributed by atoms with Gasteiger partial charge in [0, 0.05) is 23.7 Å². The van der Waals surface area contributed by atoms with E-state index < -0.39 is 11.4 Å². The van der Waals surface area contributed by atoms with Crippen LogP contribution in [0.5, 0.6) is 0 Å². The Hall–Kier alpha value is -2.10. The van der Waals surface area contributed by atoms with Crippen LogP contribution < -0.4 is 0 Å². The number of carboxylic acid groups (broad SMARTS) is 1. The van der Waals surface area contributed by atoms with Crippen molar-refractivity contribution < 1.29 is 9.90 Å². The fourth-order valence-corrected chi connectivity index (χ4v) is 2.32. The first-order chi connectivity index (χ1) is 8.90. The molecule has 0 amide bonds. The minimum Gasteiger partial charge on any atom is -0.481 e. The van der Waals surface area contributed by atoms with Gasteiger partial charge in [-0.1, -0.05) is 44.2 Å². The van der Waals surface area contributed by atoms with Crippen LogP contribution in [0.4, 0.5) is 0 Å². The third-order valence-electron chi connectivity index (χ3n) is 3.24. The van der Waals surface area contributed by atoms with Crippen molar-refractivity contribution >= 4 is 5.97 Å². The highest BCUT2D eigenvalue weighted by Gasteiger charge is 2.28. The highest BCUT2D eigenvalue weighted by Crippen LogP contribution is 2.30. The lowest BCUT2D eigenvalue weighted by atomic mass is 9.85. The Morgan fingerprint density at radius 3 is 2.53 bits per heavy atom. The van der Waals surface area contributed by atoms with E-state index in [0.29, 0.717) is 0 Å². The van der Waals surface area contributed by atoms with Gasteiger partial charge < -0.3 is 5.11 Å². The molecular formula is C15H18N2O2. The van der Waals surface area contributed by atoms with Gasteiger partial charge in [-0.25, -0.2) is 0 Å². The second-order valence-electron chi connectivity index (χ2n) is 5.36. The number of aliphatic carboxylic acids is 1. The predicted octanol–water partition coefficient (Wildman–Crippen LogP) is 2.84. The monoisotopic (exact) mass is 258 g/mol. The molecular weight excluding hydrogens is 240 g/mol. The third-order valence-corrected chi connectivity index (χ3v) is 3.24. The van der Waals surface area contributed by atoms with Gasteiger partial charge in [-0.3, -0.25) is 9.48 Å². The Bertz CT molecular complexity index is 585. The second kappa shape index (κ2) is 4.88. The molecule has 0 unspecified atom stereocenters. The van der Waals surface area contributed by atoms with E-state index in [4.69, 9.17) is 5.11 Å². The van der Waals surface area contributed by atoms with E-state index in [9.17, 15) is 4.79 Å². The van der Waals surface area contributed by atoms with Gasteiger partial charge >= 0.3 is 5.97 Å². The first kappa shape index (κ1) is 13.3. The van der Waals surface area contributed by atoms with E-state index in [1.165, 1.54) is 0 Å². The number of carboxylic acids is 1. The molecule has 0 saturated heterocycles. The summed E-state index contributed by atoms with van der Waals surface area (Å²) < 4.78 is 1.77. The van der Waals surface area contributed by atoms with Crippen LogP contribution in [0.1, 0.15) is 26.0 Å². The van der Waals surface area contributed by atoms with Gasteiger partial charge in [-0.05, 0) is 6.07 Å². The van der Waals surface area contributed by atoms with Crippen LogP contribution >= 0.6 is 0 Å². The number of aromatic nitrogens is 2. The molecule has 0 aliphatic carbocycles. The summed E-state index contributed by atoms with van der Waals surface area (Å²) in [6.07, 6.45) is 0.0841. The fraction of sp³-hybridized carbons (Fsp3) is 0.333. The summed E-state index contributed by atoms with van der Waals surface area (Å²) in [6.45, 7) is 3.85. The zero-order chi connectivity index (χ0) is 14.0.